The molecule has 0 aromatic heterocycles. The number of rotatable bonds is 0. The van der Waals surface area contributed by atoms with Gasteiger partial charge in [-0.1, -0.05) is 6.42 Å². The molecule has 0 spiro atoms. The fourth-order valence-electron chi connectivity index (χ4n) is 0.879. The van der Waals surface area contributed by atoms with Crippen molar-refractivity contribution < 1.29 is 4.39 Å². The van der Waals surface area contributed by atoms with Crippen LogP contribution in [0.15, 0.2) is 0 Å². The van der Waals surface area contributed by atoms with E-state index < -0.39 is 0 Å². The van der Waals surface area contributed by atoms with Gasteiger partial charge in [0.15, 0.2) is 0 Å². The van der Waals surface area contributed by atoms with Crippen LogP contribution in [0.5, 0.6) is 0 Å². The Morgan fingerprint density at radius 2 is 2.11 bits per heavy atom. The molecule has 3 heteroatoms. The largest absolute Gasteiger partial charge is 0.311 e. The molecule has 1 aliphatic heterocycles. The van der Waals surface area contributed by atoms with Gasteiger partial charge < -0.3 is 5.32 Å². The summed E-state index contributed by atoms with van der Waals surface area (Å²) < 4.78 is 9.50. The molecule has 2 unspecified atom stereocenters. The maximum absolute atomic E-state index is 9.50. The topological polar surface area (TPSA) is 12.0 Å². The fourth-order valence-corrected chi connectivity index (χ4v) is 1.28. The highest BCUT2D eigenvalue weighted by Gasteiger charge is 2.04. The fraction of sp³-hybridized carbons (Fsp3) is 1.00. The average Bonchev–Trinajstić information content (AvgIpc) is 1.94. The maximum Gasteiger partial charge on any atom is 0.0785 e. The Balaban J connectivity index is 0.000000291. The number of nitrogens with one attached hydrogen (secondary N) is 1. The number of hydrogen-bond donors (Lipinski definition) is 1. The van der Waals surface area contributed by atoms with E-state index in [4.69, 9.17) is 0 Å². The van der Waals surface area contributed by atoms with Crippen LogP contribution in [0.25, 0.3) is 0 Å². The predicted octanol–water partition coefficient (Wildman–Crippen LogP) is 1.55. The second kappa shape index (κ2) is 6.44. The van der Waals surface area contributed by atoms with Gasteiger partial charge in [0.05, 0.1) is 7.18 Å². The minimum absolute atomic E-state index is 0.500. The van der Waals surface area contributed by atoms with Gasteiger partial charge in [0.25, 0.3) is 0 Å². The van der Waals surface area contributed by atoms with E-state index in [0.29, 0.717) is 13.0 Å². The van der Waals surface area contributed by atoms with Crippen LogP contribution in [0.4, 0.5) is 4.39 Å². The van der Waals surface area contributed by atoms with Crippen molar-refractivity contribution in [3.63, 3.8) is 0 Å². The average molecular weight is 151 g/mol. The van der Waals surface area contributed by atoms with E-state index in [1.165, 1.54) is 25.8 Å². The van der Waals surface area contributed by atoms with Crippen LogP contribution in [-0.4, -0.2) is 19.5 Å². The van der Waals surface area contributed by atoms with E-state index in [1.807, 2.05) is 0 Å². The summed E-state index contributed by atoms with van der Waals surface area (Å²) in [4.78, 5) is 0. The van der Waals surface area contributed by atoms with Gasteiger partial charge in [-0.05, 0) is 19.4 Å². The van der Waals surface area contributed by atoms with Crippen molar-refractivity contribution in [2.45, 2.75) is 25.0 Å². The molecule has 2 atom stereocenters. The molecule has 0 amide bonds. The summed E-state index contributed by atoms with van der Waals surface area (Å²) in [5.41, 5.74) is 0. The van der Waals surface area contributed by atoms with Gasteiger partial charge in [-0.2, -0.15) is 0 Å². The highest BCUT2D eigenvalue weighted by atomic mass is 31.0. The molecule has 1 heterocycles. The van der Waals surface area contributed by atoms with Crippen molar-refractivity contribution in [2.24, 2.45) is 0 Å². The van der Waals surface area contributed by atoms with Crippen molar-refractivity contribution in [2.75, 3.05) is 13.7 Å². The molecular formula is C6H15FNP. The van der Waals surface area contributed by atoms with Crippen LogP contribution in [-0.2, 0) is 0 Å². The third-order valence-electron chi connectivity index (χ3n) is 1.35. The zero-order chi connectivity index (χ0) is 7.11. The summed E-state index contributed by atoms with van der Waals surface area (Å²) in [6.07, 6.45) is 4.11. The summed E-state index contributed by atoms with van der Waals surface area (Å²) in [5.74, 6) is 0.703. The first-order valence-electron chi connectivity index (χ1n) is 3.26. The minimum atomic E-state index is 0.500. The van der Waals surface area contributed by atoms with Crippen molar-refractivity contribution >= 4 is 9.24 Å². The second-order valence-corrected chi connectivity index (χ2v) is 2.86. The highest BCUT2D eigenvalue weighted by molar-refractivity contribution is 7.17. The predicted molar refractivity (Wildman–Crippen MR) is 42.4 cm³/mol. The normalized spacial score (nSPS) is 26.3. The van der Waals surface area contributed by atoms with Crippen molar-refractivity contribution in [1.82, 2.24) is 5.32 Å². The first-order valence-corrected chi connectivity index (χ1v) is 3.93. The van der Waals surface area contributed by atoms with Gasteiger partial charge >= 0.3 is 0 Å². The van der Waals surface area contributed by atoms with E-state index in [0.717, 1.165) is 0 Å². The van der Waals surface area contributed by atoms with E-state index in [2.05, 4.69) is 14.6 Å². The highest BCUT2D eigenvalue weighted by Crippen LogP contribution is 2.10. The molecule has 0 aromatic rings. The molecule has 1 fully saturated rings. The molecule has 0 aromatic carbocycles. The van der Waals surface area contributed by atoms with Gasteiger partial charge in [-0.15, -0.1) is 9.24 Å². The van der Waals surface area contributed by atoms with Crippen molar-refractivity contribution in [3.05, 3.63) is 0 Å². The molecule has 56 valence electrons. The maximum atomic E-state index is 9.50. The summed E-state index contributed by atoms with van der Waals surface area (Å²) in [7, 11) is 3.29. The number of hydrogen-bond acceptors (Lipinski definition) is 1. The van der Waals surface area contributed by atoms with Gasteiger partial charge in [0, 0.05) is 5.78 Å². The lowest BCUT2D eigenvalue weighted by atomic mass is 10.2. The summed E-state index contributed by atoms with van der Waals surface area (Å²) in [6, 6.07) is 0. The Bertz CT molecular complexity index is 55.0. The first-order chi connectivity index (χ1) is 4.39. The van der Waals surface area contributed by atoms with E-state index >= 15 is 0 Å². The quantitative estimate of drug-likeness (QED) is 0.518. The Labute approximate surface area is 58.6 Å². The molecule has 0 radical (unpaired) electrons. The molecular weight excluding hydrogens is 136 g/mol. The number of piperidine rings is 1. The van der Waals surface area contributed by atoms with Crippen LogP contribution in [0, 0.1) is 0 Å². The SMILES string of the molecule is CF.PC1CCCCN1. The Morgan fingerprint density at radius 1 is 1.44 bits per heavy atom. The number of halogens is 1. The molecule has 0 saturated carbocycles. The van der Waals surface area contributed by atoms with E-state index in [-0.39, 0.29) is 0 Å². The van der Waals surface area contributed by atoms with Gasteiger partial charge in [-0.25, -0.2) is 0 Å². The molecule has 1 nitrogen and oxygen atoms in total. The van der Waals surface area contributed by atoms with Gasteiger partial charge in [0.1, 0.15) is 0 Å². The minimum Gasteiger partial charge on any atom is -0.311 e. The zero-order valence-corrected chi connectivity index (χ0v) is 7.02. The monoisotopic (exact) mass is 151 g/mol. The summed E-state index contributed by atoms with van der Waals surface area (Å²) >= 11 is 0. The number of alkyl halides is 1. The molecule has 9 heavy (non-hydrogen) atoms. The molecule has 0 bridgehead atoms. The van der Waals surface area contributed by atoms with Crippen molar-refractivity contribution in [1.29, 1.82) is 0 Å². The third kappa shape index (κ3) is 4.80. The molecule has 1 rings (SSSR count). The molecule has 1 aliphatic rings. The smallest absolute Gasteiger partial charge is 0.0785 e. The van der Waals surface area contributed by atoms with Gasteiger partial charge in [0.2, 0.25) is 0 Å². The van der Waals surface area contributed by atoms with Crippen LogP contribution in [0.1, 0.15) is 19.3 Å². The summed E-state index contributed by atoms with van der Waals surface area (Å²) in [6.45, 7) is 1.22. The Hall–Kier alpha value is 0.320. The van der Waals surface area contributed by atoms with Crippen molar-refractivity contribution in [3.8, 4) is 0 Å². The molecule has 1 saturated heterocycles. The Morgan fingerprint density at radius 3 is 2.33 bits per heavy atom. The lowest BCUT2D eigenvalue weighted by molar-refractivity contribution is 0.491. The lowest BCUT2D eigenvalue weighted by Gasteiger charge is -2.18. The third-order valence-corrected chi connectivity index (χ3v) is 1.92. The van der Waals surface area contributed by atoms with Crippen LogP contribution in [0.2, 0.25) is 0 Å². The zero-order valence-electron chi connectivity index (χ0n) is 5.86. The van der Waals surface area contributed by atoms with E-state index in [1.54, 1.807) is 0 Å². The first kappa shape index (κ1) is 9.32. The van der Waals surface area contributed by atoms with Crippen LogP contribution >= 0.6 is 9.24 Å². The Kier molecular flexibility index (Phi) is 6.67. The molecule has 0 aliphatic carbocycles. The van der Waals surface area contributed by atoms with Crippen LogP contribution < -0.4 is 5.32 Å². The lowest BCUT2D eigenvalue weighted by Crippen LogP contribution is -2.28. The van der Waals surface area contributed by atoms with Crippen LogP contribution in [0.3, 0.4) is 0 Å². The standard InChI is InChI=1S/C5H12NP.CH3F/c7-5-3-1-2-4-6-5;1-2/h5-6H,1-4,7H2;1H3. The van der Waals surface area contributed by atoms with E-state index in [9.17, 15) is 4.39 Å². The van der Waals surface area contributed by atoms with Gasteiger partial charge in [-0.3, -0.25) is 4.39 Å². The molecule has 1 N–H and O–H groups in total. The second-order valence-electron chi connectivity index (χ2n) is 2.06. The summed E-state index contributed by atoms with van der Waals surface area (Å²) in [5, 5.41) is 3.34.